The molecule has 34 heavy (non-hydrogen) atoms. The lowest BCUT2D eigenvalue weighted by molar-refractivity contribution is -0.385. The molecule has 168 valence electrons. The monoisotopic (exact) mass is 457 g/mol. The summed E-state index contributed by atoms with van der Waals surface area (Å²) in [6, 6.07) is 16.6. The third-order valence-electron chi connectivity index (χ3n) is 5.47. The van der Waals surface area contributed by atoms with Crippen molar-refractivity contribution in [3.63, 3.8) is 0 Å². The van der Waals surface area contributed by atoms with Crippen molar-refractivity contribution in [3.05, 3.63) is 98.6 Å². The highest BCUT2D eigenvalue weighted by molar-refractivity contribution is 6.19. The van der Waals surface area contributed by atoms with Gasteiger partial charge in [0.2, 0.25) is 11.5 Å². The molecule has 0 aliphatic heterocycles. The second kappa shape index (κ2) is 7.89. The summed E-state index contributed by atoms with van der Waals surface area (Å²) in [5, 5.41) is 22.2. The number of aromatic hydroxyl groups is 1. The van der Waals surface area contributed by atoms with E-state index in [2.05, 4.69) is 0 Å². The summed E-state index contributed by atoms with van der Waals surface area (Å²) in [6.07, 6.45) is 0. The number of rotatable bonds is 5. The van der Waals surface area contributed by atoms with Crippen molar-refractivity contribution in [1.82, 2.24) is 0 Å². The van der Waals surface area contributed by atoms with E-state index >= 15 is 0 Å². The number of methoxy groups -OCH3 is 1. The fourth-order valence-corrected chi connectivity index (χ4v) is 3.99. The topological polar surface area (TPSA) is 133 Å². The van der Waals surface area contributed by atoms with Crippen molar-refractivity contribution in [2.45, 2.75) is 0 Å². The maximum atomic E-state index is 13.5. The number of phenols is 1. The second-order valence-electron chi connectivity index (χ2n) is 7.36. The number of nitro benzene ring substituents is 1. The Bertz CT molecular complexity index is 1680. The molecule has 5 aromatic rings. The molecule has 5 rings (SSSR count). The van der Waals surface area contributed by atoms with Crippen molar-refractivity contribution >= 4 is 33.4 Å². The molecule has 0 saturated heterocycles. The van der Waals surface area contributed by atoms with Crippen LogP contribution in [0.2, 0.25) is 0 Å². The molecular weight excluding hydrogens is 442 g/mol. The molecule has 0 amide bonds. The molecule has 0 spiro atoms. The van der Waals surface area contributed by atoms with Crippen LogP contribution in [0.4, 0.5) is 5.69 Å². The van der Waals surface area contributed by atoms with Crippen molar-refractivity contribution in [2.75, 3.05) is 7.11 Å². The van der Waals surface area contributed by atoms with E-state index in [-0.39, 0.29) is 56.2 Å². The van der Waals surface area contributed by atoms with Crippen LogP contribution in [-0.2, 0) is 0 Å². The van der Waals surface area contributed by atoms with Gasteiger partial charge in [-0.25, -0.2) is 4.79 Å². The SMILES string of the molecule is COc1c(-c2c(C(=O)c3ccccc3O)oc3c2c(=O)oc2ccccc23)cccc1[N+](=O)[O-]. The number of hydrogen-bond donors (Lipinski definition) is 1. The van der Waals surface area contributed by atoms with Gasteiger partial charge in [0.25, 0.3) is 0 Å². The van der Waals surface area contributed by atoms with Crippen LogP contribution in [-0.4, -0.2) is 22.9 Å². The highest BCUT2D eigenvalue weighted by Gasteiger charge is 2.32. The second-order valence-corrected chi connectivity index (χ2v) is 7.36. The number of benzene rings is 3. The van der Waals surface area contributed by atoms with Gasteiger partial charge in [0.15, 0.2) is 11.3 Å². The van der Waals surface area contributed by atoms with E-state index in [1.165, 1.54) is 37.4 Å². The number of carbonyl (C=O) groups is 1. The molecule has 0 fully saturated rings. The number of ether oxygens (including phenoxy) is 1. The quantitative estimate of drug-likeness (QED) is 0.168. The minimum Gasteiger partial charge on any atom is -0.507 e. The molecule has 0 radical (unpaired) electrons. The minimum absolute atomic E-state index is 0.0247. The summed E-state index contributed by atoms with van der Waals surface area (Å²) < 4.78 is 16.8. The molecule has 0 unspecified atom stereocenters. The summed E-state index contributed by atoms with van der Waals surface area (Å²) in [5.41, 5.74) is -0.833. The highest BCUT2D eigenvalue weighted by atomic mass is 16.6. The average Bonchev–Trinajstić information content (AvgIpc) is 3.25. The number of para-hydroxylation sites is 3. The van der Waals surface area contributed by atoms with Gasteiger partial charge >= 0.3 is 11.3 Å². The lowest BCUT2D eigenvalue weighted by atomic mass is 9.96. The van der Waals surface area contributed by atoms with E-state index in [1.54, 1.807) is 36.4 Å². The van der Waals surface area contributed by atoms with Crippen molar-refractivity contribution in [3.8, 4) is 22.6 Å². The molecule has 0 bridgehead atoms. The normalized spacial score (nSPS) is 11.1. The first-order valence-electron chi connectivity index (χ1n) is 10.0. The molecule has 1 N–H and O–H groups in total. The van der Waals surface area contributed by atoms with Crippen LogP contribution in [0.3, 0.4) is 0 Å². The minimum atomic E-state index is -0.794. The maximum Gasteiger partial charge on any atom is 0.348 e. The fourth-order valence-electron chi connectivity index (χ4n) is 3.99. The van der Waals surface area contributed by atoms with Crippen molar-refractivity contribution in [1.29, 1.82) is 0 Å². The molecule has 3 aromatic carbocycles. The number of ketones is 1. The Morgan fingerprint density at radius 1 is 1.00 bits per heavy atom. The van der Waals surface area contributed by atoms with Gasteiger partial charge in [-0.15, -0.1) is 0 Å². The summed E-state index contributed by atoms with van der Waals surface area (Å²) >= 11 is 0. The van der Waals surface area contributed by atoms with Crippen LogP contribution in [0, 0.1) is 10.1 Å². The Morgan fingerprint density at radius 2 is 1.74 bits per heavy atom. The molecule has 9 nitrogen and oxygen atoms in total. The summed E-state index contributed by atoms with van der Waals surface area (Å²) in [7, 11) is 1.25. The van der Waals surface area contributed by atoms with Gasteiger partial charge in [0.05, 0.1) is 28.5 Å². The Hall–Kier alpha value is -4.92. The van der Waals surface area contributed by atoms with Crippen molar-refractivity contribution in [2.24, 2.45) is 0 Å². The van der Waals surface area contributed by atoms with Gasteiger partial charge in [-0.3, -0.25) is 14.9 Å². The lowest BCUT2D eigenvalue weighted by Crippen LogP contribution is -2.05. The van der Waals surface area contributed by atoms with Gasteiger partial charge in [0.1, 0.15) is 16.7 Å². The molecule has 0 aliphatic carbocycles. The number of nitrogens with zero attached hydrogens (tertiary/aromatic N) is 1. The zero-order valence-electron chi connectivity index (χ0n) is 17.6. The Labute approximate surface area is 190 Å². The standard InChI is InChI=1S/C25H15NO8/c1-32-22-15(9-6-10-16(22)26(30)31)19-20-23(14-8-3-5-12-18(14)33-25(20)29)34-24(19)21(28)13-7-2-4-11-17(13)27/h2-12,27H,1H3. The van der Waals surface area contributed by atoms with Crippen LogP contribution in [0.5, 0.6) is 11.5 Å². The van der Waals surface area contributed by atoms with E-state index in [9.17, 15) is 24.8 Å². The molecule has 9 heteroatoms. The molecule has 2 aromatic heterocycles. The van der Waals surface area contributed by atoms with Crippen LogP contribution in [0.15, 0.2) is 80.4 Å². The Kier molecular flexibility index (Phi) is 4.86. The van der Waals surface area contributed by atoms with E-state index < -0.39 is 16.3 Å². The number of hydrogen-bond acceptors (Lipinski definition) is 8. The molecule has 0 aliphatic rings. The third-order valence-corrected chi connectivity index (χ3v) is 5.47. The number of fused-ring (bicyclic) bond motifs is 3. The van der Waals surface area contributed by atoms with Crippen molar-refractivity contribution < 1.29 is 28.4 Å². The Morgan fingerprint density at radius 3 is 2.47 bits per heavy atom. The number of nitro groups is 1. The van der Waals surface area contributed by atoms with Crippen LogP contribution < -0.4 is 10.4 Å². The van der Waals surface area contributed by atoms with E-state index in [4.69, 9.17) is 13.6 Å². The van der Waals surface area contributed by atoms with Gasteiger partial charge in [-0.05, 0) is 30.3 Å². The largest absolute Gasteiger partial charge is 0.507 e. The zero-order chi connectivity index (χ0) is 24.0. The first-order valence-corrected chi connectivity index (χ1v) is 10.0. The van der Waals surface area contributed by atoms with Gasteiger partial charge in [0, 0.05) is 11.6 Å². The summed E-state index contributed by atoms with van der Waals surface area (Å²) in [4.78, 5) is 37.6. The fraction of sp³-hybridized carbons (Fsp3) is 0.0400. The van der Waals surface area contributed by atoms with E-state index in [0.29, 0.717) is 5.39 Å². The first kappa shape index (κ1) is 21.0. The molecule has 0 atom stereocenters. The first-order chi connectivity index (χ1) is 16.4. The zero-order valence-corrected chi connectivity index (χ0v) is 17.6. The van der Waals surface area contributed by atoms with Gasteiger partial charge in [-0.2, -0.15) is 0 Å². The van der Waals surface area contributed by atoms with E-state index in [0.717, 1.165) is 0 Å². The maximum absolute atomic E-state index is 13.5. The molecule has 2 heterocycles. The number of phenolic OH excluding ortho intramolecular Hbond substituents is 1. The predicted molar refractivity (Wildman–Crippen MR) is 122 cm³/mol. The predicted octanol–water partition coefficient (Wildman–Crippen LogP) is 5.06. The molecular formula is C25H15NO8. The van der Waals surface area contributed by atoms with Gasteiger partial charge in [-0.1, -0.05) is 30.3 Å². The number of carbonyl (C=O) groups excluding carboxylic acids is 1. The van der Waals surface area contributed by atoms with E-state index in [1.807, 2.05) is 0 Å². The average molecular weight is 457 g/mol. The molecule has 0 saturated carbocycles. The highest BCUT2D eigenvalue weighted by Crippen LogP contribution is 2.44. The van der Waals surface area contributed by atoms with Crippen LogP contribution >= 0.6 is 0 Å². The van der Waals surface area contributed by atoms with Crippen LogP contribution in [0.1, 0.15) is 16.1 Å². The summed E-state index contributed by atoms with van der Waals surface area (Å²) in [5.74, 6) is -1.46. The summed E-state index contributed by atoms with van der Waals surface area (Å²) in [6.45, 7) is 0. The van der Waals surface area contributed by atoms with Gasteiger partial charge < -0.3 is 18.7 Å². The third kappa shape index (κ3) is 3.10. The lowest BCUT2D eigenvalue weighted by Gasteiger charge is -2.09. The number of furan rings is 1. The Balaban J connectivity index is 1.96. The smallest absolute Gasteiger partial charge is 0.348 e. The van der Waals surface area contributed by atoms with Crippen LogP contribution in [0.25, 0.3) is 33.1 Å².